The van der Waals surface area contributed by atoms with Crippen molar-refractivity contribution in [3.05, 3.63) is 34.3 Å². The summed E-state index contributed by atoms with van der Waals surface area (Å²) in [5.74, 6) is 0.903. The molecule has 100 valence electrons. The van der Waals surface area contributed by atoms with Gasteiger partial charge in [-0.3, -0.25) is 0 Å². The predicted octanol–water partition coefficient (Wildman–Crippen LogP) is 4.68. The minimum absolute atomic E-state index is 0.0255. The Labute approximate surface area is 119 Å². The van der Waals surface area contributed by atoms with Crippen molar-refractivity contribution >= 4 is 15.9 Å². The lowest BCUT2D eigenvalue weighted by Gasteiger charge is -2.28. The van der Waals surface area contributed by atoms with Crippen LogP contribution >= 0.6 is 15.9 Å². The van der Waals surface area contributed by atoms with Crippen LogP contribution < -0.4 is 5.73 Å². The number of halogens is 1. The first-order chi connectivity index (χ1) is 8.61. The van der Waals surface area contributed by atoms with Gasteiger partial charge in [-0.2, -0.15) is 0 Å². The minimum Gasteiger partial charge on any atom is -0.325 e. The van der Waals surface area contributed by atoms with Crippen LogP contribution in [0.15, 0.2) is 28.7 Å². The van der Waals surface area contributed by atoms with Crippen LogP contribution in [0.4, 0.5) is 0 Å². The molecule has 2 atom stereocenters. The Kier molecular flexibility index (Phi) is 4.85. The quantitative estimate of drug-likeness (QED) is 0.806. The smallest absolute Gasteiger partial charge is 0.0195 e. The minimum atomic E-state index is 0.0255. The highest BCUT2D eigenvalue weighted by Crippen LogP contribution is 2.32. The Morgan fingerprint density at radius 2 is 1.94 bits per heavy atom. The Hall–Kier alpha value is -0.340. The van der Waals surface area contributed by atoms with E-state index in [1.54, 1.807) is 0 Å². The van der Waals surface area contributed by atoms with Crippen molar-refractivity contribution in [3.8, 4) is 0 Å². The highest BCUT2D eigenvalue weighted by Gasteiger charge is 2.28. The van der Waals surface area contributed by atoms with Crippen molar-refractivity contribution in [1.29, 1.82) is 0 Å². The second-order valence-electron chi connectivity index (χ2n) is 5.87. The van der Waals surface area contributed by atoms with Crippen molar-refractivity contribution in [3.63, 3.8) is 0 Å². The molecular weight excluding hydrogens is 286 g/mol. The van der Waals surface area contributed by atoms with E-state index in [0.717, 1.165) is 16.8 Å². The summed E-state index contributed by atoms with van der Waals surface area (Å²) in [6.07, 6.45) is 8.68. The van der Waals surface area contributed by atoms with E-state index in [4.69, 9.17) is 5.73 Å². The molecule has 0 aliphatic heterocycles. The van der Waals surface area contributed by atoms with Gasteiger partial charge in [0.25, 0.3) is 0 Å². The molecule has 18 heavy (non-hydrogen) atoms. The number of benzene rings is 1. The highest BCUT2D eigenvalue weighted by molar-refractivity contribution is 9.10. The highest BCUT2D eigenvalue weighted by atomic mass is 79.9. The molecular formula is C16H24BrN. The van der Waals surface area contributed by atoms with Gasteiger partial charge in [-0.1, -0.05) is 54.2 Å². The van der Waals surface area contributed by atoms with Crippen LogP contribution in [0.1, 0.15) is 51.0 Å². The SMILES string of the molecule is CCC1CCCC(N)(Cc2ccc(Br)cc2)CC1. The molecule has 2 unspecified atom stereocenters. The lowest BCUT2D eigenvalue weighted by Crippen LogP contribution is -2.41. The summed E-state index contributed by atoms with van der Waals surface area (Å²) in [6, 6.07) is 8.62. The molecule has 0 bridgehead atoms. The summed E-state index contributed by atoms with van der Waals surface area (Å²) in [5, 5.41) is 0. The largest absolute Gasteiger partial charge is 0.325 e. The van der Waals surface area contributed by atoms with Gasteiger partial charge in [-0.15, -0.1) is 0 Å². The van der Waals surface area contributed by atoms with E-state index in [1.165, 1.54) is 44.1 Å². The van der Waals surface area contributed by atoms with Crippen LogP contribution in [-0.2, 0) is 6.42 Å². The fourth-order valence-electron chi connectivity index (χ4n) is 3.10. The van der Waals surface area contributed by atoms with Crippen LogP contribution in [0.5, 0.6) is 0 Å². The van der Waals surface area contributed by atoms with Gasteiger partial charge in [-0.25, -0.2) is 0 Å². The first kappa shape index (κ1) is 14.1. The molecule has 0 radical (unpaired) electrons. The zero-order valence-corrected chi connectivity index (χ0v) is 12.9. The average Bonchev–Trinajstić information content (AvgIpc) is 2.54. The van der Waals surface area contributed by atoms with E-state index < -0.39 is 0 Å². The summed E-state index contributed by atoms with van der Waals surface area (Å²) < 4.78 is 1.14. The molecule has 1 aromatic carbocycles. The van der Waals surface area contributed by atoms with E-state index in [9.17, 15) is 0 Å². The first-order valence-electron chi connectivity index (χ1n) is 7.15. The van der Waals surface area contributed by atoms with Gasteiger partial charge in [0.15, 0.2) is 0 Å². The normalized spacial score (nSPS) is 28.9. The van der Waals surface area contributed by atoms with Gasteiger partial charge in [-0.05, 0) is 49.3 Å². The Bertz CT molecular complexity index is 373. The molecule has 1 nitrogen and oxygen atoms in total. The molecule has 0 amide bonds. The maximum atomic E-state index is 6.63. The zero-order valence-electron chi connectivity index (χ0n) is 11.3. The van der Waals surface area contributed by atoms with Crippen molar-refractivity contribution in [2.75, 3.05) is 0 Å². The molecule has 2 heteroatoms. The molecule has 1 aliphatic rings. The predicted molar refractivity (Wildman–Crippen MR) is 81.6 cm³/mol. The fourth-order valence-corrected chi connectivity index (χ4v) is 3.36. The second kappa shape index (κ2) is 6.21. The van der Waals surface area contributed by atoms with E-state index in [1.807, 2.05) is 0 Å². The van der Waals surface area contributed by atoms with Crippen LogP contribution in [0.25, 0.3) is 0 Å². The van der Waals surface area contributed by atoms with E-state index >= 15 is 0 Å². The number of nitrogens with two attached hydrogens (primary N) is 1. The van der Waals surface area contributed by atoms with Crippen molar-refractivity contribution in [2.45, 2.75) is 57.4 Å². The standard InChI is InChI=1S/C16H24BrN/c1-2-13-4-3-10-16(18,11-9-13)12-14-5-7-15(17)8-6-14/h5-8,13H,2-4,9-12,18H2,1H3. The second-order valence-corrected chi connectivity index (χ2v) is 6.79. The lowest BCUT2D eigenvalue weighted by atomic mass is 9.84. The Morgan fingerprint density at radius 1 is 1.22 bits per heavy atom. The van der Waals surface area contributed by atoms with Gasteiger partial charge in [0.05, 0.1) is 0 Å². The lowest BCUT2D eigenvalue weighted by molar-refractivity contribution is 0.358. The number of hydrogen-bond acceptors (Lipinski definition) is 1. The zero-order chi connectivity index (χ0) is 13.0. The molecule has 0 aromatic heterocycles. The maximum absolute atomic E-state index is 6.63. The third kappa shape index (κ3) is 3.83. The molecule has 1 fully saturated rings. The summed E-state index contributed by atoms with van der Waals surface area (Å²) >= 11 is 3.48. The topological polar surface area (TPSA) is 26.0 Å². The third-order valence-electron chi connectivity index (χ3n) is 4.38. The van der Waals surface area contributed by atoms with E-state index in [0.29, 0.717) is 0 Å². The van der Waals surface area contributed by atoms with Gasteiger partial charge < -0.3 is 5.73 Å². The maximum Gasteiger partial charge on any atom is 0.0195 e. The van der Waals surface area contributed by atoms with Gasteiger partial charge in [0.1, 0.15) is 0 Å². The fraction of sp³-hybridized carbons (Fsp3) is 0.625. The Morgan fingerprint density at radius 3 is 2.61 bits per heavy atom. The van der Waals surface area contributed by atoms with E-state index in [2.05, 4.69) is 47.1 Å². The number of rotatable bonds is 3. The molecule has 1 saturated carbocycles. The molecule has 1 aliphatic carbocycles. The molecule has 2 N–H and O–H groups in total. The molecule has 2 rings (SSSR count). The van der Waals surface area contributed by atoms with E-state index in [-0.39, 0.29) is 5.54 Å². The summed E-state index contributed by atoms with van der Waals surface area (Å²) in [4.78, 5) is 0. The van der Waals surface area contributed by atoms with Crippen LogP contribution in [0.2, 0.25) is 0 Å². The van der Waals surface area contributed by atoms with Crippen molar-refractivity contribution < 1.29 is 0 Å². The van der Waals surface area contributed by atoms with Crippen molar-refractivity contribution in [1.82, 2.24) is 0 Å². The van der Waals surface area contributed by atoms with Gasteiger partial charge in [0.2, 0.25) is 0 Å². The van der Waals surface area contributed by atoms with Crippen molar-refractivity contribution in [2.24, 2.45) is 11.7 Å². The summed E-state index contributed by atoms with van der Waals surface area (Å²) in [6.45, 7) is 2.31. The van der Waals surface area contributed by atoms with Crippen LogP contribution in [-0.4, -0.2) is 5.54 Å². The third-order valence-corrected chi connectivity index (χ3v) is 4.91. The molecule has 0 heterocycles. The molecule has 0 saturated heterocycles. The molecule has 0 spiro atoms. The first-order valence-corrected chi connectivity index (χ1v) is 7.94. The molecule has 1 aromatic rings. The monoisotopic (exact) mass is 309 g/mol. The van der Waals surface area contributed by atoms with Crippen LogP contribution in [0, 0.1) is 5.92 Å². The van der Waals surface area contributed by atoms with Crippen LogP contribution in [0.3, 0.4) is 0 Å². The van der Waals surface area contributed by atoms with Gasteiger partial charge in [0, 0.05) is 10.0 Å². The van der Waals surface area contributed by atoms with Gasteiger partial charge >= 0.3 is 0 Å². The summed E-state index contributed by atoms with van der Waals surface area (Å²) in [5.41, 5.74) is 8.03. The number of hydrogen-bond donors (Lipinski definition) is 1. The average molecular weight is 310 g/mol. The summed E-state index contributed by atoms with van der Waals surface area (Å²) in [7, 11) is 0. The Balaban J connectivity index is 2.00.